The first-order chi connectivity index (χ1) is 12.3. The quantitative estimate of drug-likeness (QED) is 0.788. The first-order valence-electron chi connectivity index (χ1n) is 8.86. The molecule has 1 aliphatic rings. The van der Waals surface area contributed by atoms with E-state index in [0.717, 1.165) is 35.8 Å². The predicted octanol–water partition coefficient (Wildman–Crippen LogP) is 3.84. The summed E-state index contributed by atoms with van der Waals surface area (Å²) in [7, 11) is 0. The van der Waals surface area contributed by atoms with E-state index in [4.69, 9.17) is 0 Å². The number of hydrogen-bond acceptors (Lipinski definition) is 2. The van der Waals surface area contributed by atoms with E-state index in [0.29, 0.717) is 6.54 Å². The molecule has 0 radical (unpaired) electrons. The number of amides is 1. The third kappa shape index (κ3) is 3.42. The van der Waals surface area contributed by atoms with E-state index in [9.17, 15) is 4.79 Å². The number of nitrogens with one attached hydrogen (secondary N) is 1. The highest BCUT2D eigenvalue weighted by atomic mass is 16.2. The highest BCUT2D eigenvalue weighted by Gasteiger charge is 2.27. The summed E-state index contributed by atoms with van der Waals surface area (Å²) in [6, 6.07) is 24.7. The van der Waals surface area contributed by atoms with Gasteiger partial charge in [0.05, 0.1) is 0 Å². The van der Waals surface area contributed by atoms with Gasteiger partial charge in [-0.05, 0) is 41.4 Å². The molecule has 4 rings (SSSR count). The van der Waals surface area contributed by atoms with Crippen molar-refractivity contribution in [2.75, 3.05) is 13.1 Å². The van der Waals surface area contributed by atoms with Crippen LogP contribution in [0.4, 0.5) is 0 Å². The van der Waals surface area contributed by atoms with Crippen LogP contribution in [-0.2, 0) is 6.54 Å². The zero-order chi connectivity index (χ0) is 17.1. The number of fused-ring (bicyclic) bond motifs is 1. The van der Waals surface area contributed by atoms with E-state index in [1.54, 1.807) is 0 Å². The lowest BCUT2D eigenvalue weighted by Gasteiger charge is -2.29. The summed E-state index contributed by atoms with van der Waals surface area (Å²) in [5.41, 5.74) is 1.94. The second-order valence-corrected chi connectivity index (χ2v) is 6.63. The molecule has 1 N–H and O–H groups in total. The molecule has 0 spiro atoms. The van der Waals surface area contributed by atoms with Crippen LogP contribution in [0.2, 0.25) is 0 Å². The van der Waals surface area contributed by atoms with Gasteiger partial charge in [0, 0.05) is 24.7 Å². The summed E-state index contributed by atoms with van der Waals surface area (Å²) in [5.74, 6) is 0.114. The summed E-state index contributed by atoms with van der Waals surface area (Å²) < 4.78 is 0. The molecule has 0 bridgehead atoms. The number of benzene rings is 3. The molecule has 1 amide bonds. The standard InChI is InChI=1S/C22H22N2O/c25-22(20-11-10-18-8-4-5-9-19(18)14-20)24(21-12-13-23-15-21)16-17-6-2-1-3-7-17/h1-11,14,21,23H,12-13,15-16H2/t21-/m1/s1. The Kier molecular flexibility index (Phi) is 4.49. The average Bonchev–Trinajstić information content (AvgIpc) is 3.20. The Morgan fingerprint density at radius 3 is 2.48 bits per heavy atom. The van der Waals surface area contributed by atoms with Gasteiger partial charge < -0.3 is 10.2 Å². The Balaban J connectivity index is 1.65. The van der Waals surface area contributed by atoms with E-state index in [-0.39, 0.29) is 11.9 Å². The fourth-order valence-corrected chi connectivity index (χ4v) is 3.54. The van der Waals surface area contributed by atoms with Gasteiger partial charge >= 0.3 is 0 Å². The van der Waals surface area contributed by atoms with Crippen molar-refractivity contribution < 1.29 is 4.79 Å². The van der Waals surface area contributed by atoms with Crippen molar-refractivity contribution in [3.05, 3.63) is 83.9 Å². The number of carbonyl (C=O) groups excluding carboxylic acids is 1. The van der Waals surface area contributed by atoms with Gasteiger partial charge in [-0.3, -0.25) is 4.79 Å². The largest absolute Gasteiger partial charge is 0.330 e. The summed E-state index contributed by atoms with van der Waals surface area (Å²) in [5, 5.41) is 5.65. The molecule has 1 aliphatic heterocycles. The molecule has 126 valence electrons. The molecule has 1 fully saturated rings. The zero-order valence-corrected chi connectivity index (χ0v) is 14.2. The molecule has 3 aromatic carbocycles. The van der Waals surface area contributed by atoms with E-state index in [2.05, 4.69) is 29.6 Å². The first kappa shape index (κ1) is 15.9. The topological polar surface area (TPSA) is 32.3 Å². The lowest BCUT2D eigenvalue weighted by molar-refractivity contribution is 0.0676. The molecule has 3 aromatic rings. The zero-order valence-electron chi connectivity index (χ0n) is 14.2. The van der Waals surface area contributed by atoms with Crippen LogP contribution in [0.5, 0.6) is 0 Å². The summed E-state index contributed by atoms with van der Waals surface area (Å²) in [4.78, 5) is 15.3. The van der Waals surface area contributed by atoms with Crippen molar-refractivity contribution in [1.82, 2.24) is 10.2 Å². The highest BCUT2D eigenvalue weighted by Crippen LogP contribution is 2.21. The second kappa shape index (κ2) is 7.08. The molecule has 25 heavy (non-hydrogen) atoms. The van der Waals surface area contributed by atoms with Gasteiger partial charge in [-0.1, -0.05) is 60.7 Å². The molecule has 1 saturated heterocycles. The van der Waals surface area contributed by atoms with Gasteiger partial charge in [-0.15, -0.1) is 0 Å². The van der Waals surface area contributed by atoms with Crippen LogP contribution in [-0.4, -0.2) is 29.9 Å². The van der Waals surface area contributed by atoms with Gasteiger partial charge in [0.25, 0.3) is 5.91 Å². The Morgan fingerprint density at radius 1 is 0.960 bits per heavy atom. The van der Waals surface area contributed by atoms with Crippen LogP contribution in [0.3, 0.4) is 0 Å². The van der Waals surface area contributed by atoms with Crippen LogP contribution in [0.1, 0.15) is 22.3 Å². The molecule has 3 heteroatoms. The van der Waals surface area contributed by atoms with E-state index in [1.165, 1.54) is 5.56 Å². The predicted molar refractivity (Wildman–Crippen MR) is 102 cm³/mol. The van der Waals surface area contributed by atoms with Gasteiger partial charge in [0.2, 0.25) is 0 Å². The van der Waals surface area contributed by atoms with Crippen molar-refractivity contribution in [3.8, 4) is 0 Å². The third-order valence-electron chi connectivity index (χ3n) is 4.93. The van der Waals surface area contributed by atoms with E-state index < -0.39 is 0 Å². The number of hydrogen-bond donors (Lipinski definition) is 1. The van der Waals surface area contributed by atoms with Gasteiger partial charge in [0.15, 0.2) is 0 Å². The lowest BCUT2D eigenvalue weighted by Crippen LogP contribution is -2.41. The number of nitrogens with zero attached hydrogens (tertiary/aromatic N) is 1. The van der Waals surface area contributed by atoms with Crippen LogP contribution in [0.15, 0.2) is 72.8 Å². The Labute approximate surface area is 148 Å². The molecule has 1 heterocycles. The molecule has 1 atom stereocenters. The monoisotopic (exact) mass is 330 g/mol. The fraction of sp³-hybridized carbons (Fsp3) is 0.227. The molecule has 0 aromatic heterocycles. The molecule has 0 aliphatic carbocycles. The maximum atomic E-state index is 13.3. The van der Waals surface area contributed by atoms with Crippen molar-refractivity contribution >= 4 is 16.7 Å². The number of rotatable bonds is 4. The smallest absolute Gasteiger partial charge is 0.254 e. The molecule has 0 unspecified atom stereocenters. The minimum absolute atomic E-state index is 0.114. The molecular weight excluding hydrogens is 308 g/mol. The van der Waals surface area contributed by atoms with Gasteiger partial charge in [-0.25, -0.2) is 0 Å². The van der Waals surface area contributed by atoms with Crippen LogP contribution < -0.4 is 5.32 Å². The fourth-order valence-electron chi connectivity index (χ4n) is 3.54. The van der Waals surface area contributed by atoms with Crippen molar-refractivity contribution in [3.63, 3.8) is 0 Å². The van der Waals surface area contributed by atoms with Crippen molar-refractivity contribution in [2.45, 2.75) is 19.0 Å². The summed E-state index contributed by atoms with van der Waals surface area (Å²) in [6.07, 6.45) is 1.01. The maximum absolute atomic E-state index is 13.3. The highest BCUT2D eigenvalue weighted by molar-refractivity contribution is 5.98. The average molecular weight is 330 g/mol. The SMILES string of the molecule is O=C(c1ccc2ccccc2c1)N(Cc1ccccc1)[C@@H]1CCNC1. The second-order valence-electron chi connectivity index (χ2n) is 6.63. The van der Waals surface area contributed by atoms with Crippen LogP contribution >= 0.6 is 0 Å². The lowest BCUT2D eigenvalue weighted by atomic mass is 10.0. The Bertz CT molecular complexity index is 869. The maximum Gasteiger partial charge on any atom is 0.254 e. The molecule has 0 saturated carbocycles. The minimum Gasteiger partial charge on any atom is -0.330 e. The Morgan fingerprint density at radius 2 is 1.72 bits per heavy atom. The van der Waals surface area contributed by atoms with Gasteiger partial charge in [-0.2, -0.15) is 0 Å². The van der Waals surface area contributed by atoms with Gasteiger partial charge in [0.1, 0.15) is 0 Å². The van der Waals surface area contributed by atoms with Crippen LogP contribution in [0, 0.1) is 0 Å². The third-order valence-corrected chi connectivity index (χ3v) is 4.93. The normalized spacial score (nSPS) is 16.9. The Hall–Kier alpha value is -2.65. The molecular formula is C22H22N2O. The summed E-state index contributed by atoms with van der Waals surface area (Å²) >= 11 is 0. The molecule has 3 nitrogen and oxygen atoms in total. The van der Waals surface area contributed by atoms with Crippen molar-refractivity contribution in [2.24, 2.45) is 0 Å². The minimum atomic E-state index is 0.114. The number of carbonyl (C=O) groups is 1. The van der Waals surface area contributed by atoms with E-state index in [1.807, 2.05) is 53.4 Å². The first-order valence-corrected chi connectivity index (χ1v) is 8.86. The van der Waals surface area contributed by atoms with Crippen LogP contribution in [0.25, 0.3) is 10.8 Å². The van der Waals surface area contributed by atoms with E-state index >= 15 is 0 Å². The van der Waals surface area contributed by atoms with Crippen molar-refractivity contribution in [1.29, 1.82) is 0 Å². The summed E-state index contributed by atoms with van der Waals surface area (Å²) in [6.45, 7) is 2.49.